The predicted octanol–water partition coefficient (Wildman–Crippen LogP) is 2.16. The summed E-state index contributed by atoms with van der Waals surface area (Å²) in [4.78, 5) is 16.4. The number of benzene rings is 1. The molecule has 3 rings (SSSR count). The molecule has 5 nitrogen and oxygen atoms in total. The van der Waals surface area contributed by atoms with Crippen molar-refractivity contribution in [2.24, 2.45) is 5.92 Å². The molecule has 2 aromatic rings. The maximum Gasteiger partial charge on any atom is 0.251 e. The third-order valence-electron chi connectivity index (χ3n) is 4.03. The van der Waals surface area contributed by atoms with E-state index in [9.17, 15) is 9.90 Å². The highest BCUT2D eigenvalue weighted by Crippen LogP contribution is 2.25. The van der Waals surface area contributed by atoms with Gasteiger partial charge in [0.1, 0.15) is 0 Å². The van der Waals surface area contributed by atoms with E-state index in [-0.39, 0.29) is 12.0 Å². The Balaban J connectivity index is 1.61. The molecule has 1 aromatic carbocycles. The third kappa shape index (κ3) is 3.33. The van der Waals surface area contributed by atoms with Gasteiger partial charge in [0.2, 0.25) is 0 Å². The van der Waals surface area contributed by atoms with Gasteiger partial charge in [-0.25, -0.2) is 4.98 Å². The first-order valence-electron chi connectivity index (χ1n) is 7.24. The molecule has 0 aliphatic heterocycles. The lowest BCUT2D eigenvalue weighted by molar-refractivity contribution is 0.0910. The summed E-state index contributed by atoms with van der Waals surface area (Å²) in [6, 6.07) is 5.44. The summed E-state index contributed by atoms with van der Waals surface area (Å²) in [7, 11) is 0. The molecule has 1 amide bonds. The normalized spacial score (nSPS) is 22.3. The number of hydrogen-bond donors (Lipinski definition) is 3. The smallest absolute Gasteiger partial charge is 0.251 e. The molecule has 0 atom stereocenters. The topological polar surface area (TPSA) is 88.2 Å². The van der Waals surface area contributed by atoms with Gasteiger partial charge in [0.05, 0.1) is 16.3 Å². The number of amides is 1. The monoisotopic (exact) mass is 305 g/mol. The summed E-state index contributed by atoms with van der Waals surface area (Å²) >= 11 is 1.39. The minimum Gasteiger partial charge on any atom is -0.393 e. The molecule has 0 radical (unpaired) electrons. The number of nitrogen functional groups attached to an aromatic ring is 1. The summed E-state index contributed by atoms with van der Waals surface area (Å²) in [5.41, 5.74) is 7.14. The number of carbonyl (C=O) groups excluding carboxylic acids is 1. The fraction of sp³-hybridized carbons (Fsp3) is 0.467. The lowest BCUT2D eigenvalue weighted by atomic mass is 9.87. The second kappa shape index (κ2) is 5.99. The Morgan fingerprint density at radius 1 is 1.38 bits per heavy atom. The molecule has 0 saturated heterocycles. The van der Waals surface area contributed by atoms with E-state index >= 15 is 0 Å². The first-order valence-corrected chi connectivity index (χ1v) is 8.06. The second-order valence-corrected chi connectivity index (χ2v) is 6.68. The fourth-order valence-electron chi connectivity index (χ4n) is 2.77. The van der Waals surface area contributed by atoms with Crippen LogP contribution in [0.1, 0.15) is 36.0 Å². The van der Waals surface area contributed by atoms with Crippen LogP contribution in [0.2, 0.25) is 0 Å². The molecule has 0 unspecified atom stereocenters. The van der Waals surface area contributed by atoms with Crippen LogP contribution in [-0.4, -0.2) is 28.6 Å². The van der Waals surface area contributed by atoms with E-state index in [0.29, 0.717) is 23.2 Å². The molecule has 0 spiro atoms. The van der Waals surface area contributed by atoms with Crippen LogP contribution < -0.4 is 11.1 Å². The molecule has 6 heteroatoms. The molecule has 0 bridgehead atoms. The largest absolute Gasteiger partial charge is 0.393 e. The molecule has 1 heterocycles. The van der Waals surface area contributed by atoms with E-state index in [2.05, 4.69) is 10.3 Å². The van der Waals surface area contributed by atoms with Gasteiger partial charge in [-0.05, 0) is 49.8 Å². The van der Waals surface area contributed by atoms with Crippen LogP contribution in [0.3, 0.4) is 0 Å². The number of nitrogens with one attached hydrogen (secondary N) is 1. The number of rotatable bonds is 3. The highest BCUT2D eigenvalue weighted by molar-refractivity contribution is 7.22. The summed E-state index contributed by atoms with van der Waals surface area (Å²) in [5, 5.41) is 13.0. The lowest BCUT2D eigenvalue weighted by Gasteiger charge is -2.25. The van der Waals surface area contributed by atoms with Crippen molar-refractivity contribution in [1.82, 2.24) is 10.3 Å². The van der Waals surface area contributed by atoms with Gasteiger partial charge in [-0.1, -0.05) is 11.3 Å². The third-order valence-corrected chi connectivity index (χ3v) is 4.88. The van der Waals surface area contributed by atoms with Crippen molar-refractivity contribution in [2.45, 2.75) is 31.8 Å². The Labute approximate surface area is 127 Å². The molecule has 1 aliphatic carbocycles. The van der Waals surface area contributed by atoms with Gasteiger partial charge in [-0.15, -0.1) is 0 Å². The molecular formula is C15H19N3O2S. The number of nitrogens with zero attached hydrogens (tertiary/aromatic N) is 1. The van der Waals surface area contributed by atoms with Crippen molar-refractivity contribution >= 4 is 32.6 Å². The maximum atomic E-state index is 12.2. The summed E-state index contributed by atoms with van der Waals surface area (Å²) in [6.45, 7) is 0.675. The lowest BCUT2D eigenvalue weighted by Crippen LogP contribution is -2.32. The van der Waals surface area contributed by atoms with Crippen molar-refractivity contribution in [3.8, 4) is 0 Å². The highest BCUT2D eigenvalue weighted by atomic mass is 32.1. The van der Waals surface area contributed by atoms with Crippen LogP contribution in [0.25, 0.3) is 10.2 Å². The number of aromatic nitrogens is 1. The maximum absolute atomic E-state index is 12.2. The minimum absolute atomic E-state index is 0.0602. The Morgan fingerprint density at radius 3 is 2.90 bits per heavy atom. The number of fused-ring (bicyclic) bond motifs is 1. The molecular weight excluding hydrogens is 286 g/mol. The minimum atomic E-state index is -0.156. The number of thiazole rings is 1. The molecule has 112 valence electrons. The number of carbonyl (C=O) groups is 1. The van der Waals surface area contributed by atoms with Gasteiger partial charge in [0.25, 0.3) is 5.91 Å². The van der Waals surface area contributed by atoms with E-state index in [0.717, 1.165) is 35.9 Å². The van der Waals surface area contributed by atoms with Gasteiger partial charge in [-0.3, -0.25) is 4.79 Å². The fourth-order valence-corrected chi connectivity index (χ4v) is 3.55. The standard InChI is InChI=1S/C15H19N3O2S/c16-15-18-12-6-3-10(7-13(12)21-15)14(20)17-8-9-1-4-11(19)5-2-9/h3,6-7,9,11,19H,1-2,4-5,8H2,(H2,16,18)(H,17,20). The zero-order valence-electron chi connectivity index (χ0n) is 11.7. The van der Waals surface area contributed by atoms with E-state index in [1.54, 1.807) is 6.07 Å². The second-order valence-electron chi connectivity index (χ2n) is 5.62. The molecule has 1 aromatic heterocycles. The Hall–Kier alpha value is -1.66. The quantitative estimate of drug-likeness (QED) is 0.811. The number of anilines is 1. The van der Waals surface area contributed by atoms with Gasteiger partial charge in [0, 0.05) is 12.1 Å². The van der Waals surface area contributed by atoms with Crippen LogP contribution in [0, 0.1) is 5.92 Å². The van der Waals surface area contributed by atoms with E-state index in [1.807, 2.05) is 12.1 Å². The van der Waals surface area contributed by atoms with Gasteiger partial charge in [-0.2, -0.15) is 0 Å². The number of aliphatic hydroxyl groups excluding tert-OH is 1. The van der Waals surface area contributed by atoms with Crippen LogP contribution in [-0.2, 0) is 0 Å². The number of aliphatic hydroxyl groups is 1. The van der Waals surface area contributed by atoms with Crippen molar-refractivity contribution < 1.29 is 9.90 Å². The van der Waals surface area contributed by atoms with E-state index < -0.39 is 0 Å². The van der Waals surface area contributed by atoms with E-state index in [4.69, 9.17) is 5.73 Å². The average molecular weight is 305 g/mol. The summed E-state index contributed by atoms with van der Waals surface area (Å²) < 4.78 is 0.931. The Morgan fingerprint density at radius 2 is 2.14 bits per heavy atom. The van der Waals surface area contributed by atoms with Crippen LogP contribution in [0.4, 0.5) is 5.13 Å². The average Bonchev–Trinajstić information content (AvgIpc) is 2.85. The zero-order chi connectivity index (χ0) is 14.8. The van der Waals surface area contributed by atoms with Crippen LogP contribution in [0.15, 0.2) is 18.2 Å². The van der Waals surface area contributed by atoms with E-state index in [1.165, 1.54) is 11.3 Å². The highest BCUT2D eigenvalue weighted by Gasteiger charge is 2.20. The first-order chi connectivity index (χ1) is 10.1. The van der Waals surface area contributed by atoms with Crippen molar-refractivity contribution in [3.63, 3.8) is 0 Å². The predicted molar refractivity (Wildman–Crippen MR) is 84.3 cm³/mol. The van der Waals surface area contributed by atoms with Gasteiger partial charge < -0.3 is 16.2 Å². The molecule has 4 N–H and O–H groups in total. The molecule has 1 fully saturated rings. The Kier molecular flexibility index (Phi) is 4.07. The van der Waals surface area contributed by atoms with Gasteiger partial charge >= 0.3 is 0 Å². The Bertz CT molecular complexity index is 647. The van der Waals surface area contributed by atoms with Crippen molar-refractivity contribution in [3.05, 3.63) is 23.8 Å². The van der Waals surface area contributed by atoms with Crippen LogP contribution in [0.5, 0.6) is 0 Å². The number of nitrogens with two attached hydrogens (primary N) is 1. The van der Waals surface area contributed by atoms with Crippen LogP contribution >= 0.6 is 11.3 Å². The molecule has 1 saturated carbocycles. The zero-order valence-corrected chi connectivity index (χ0v) is 12.5. The number of hydrogen-bond acceptors (Lipinski definition) is 5. The molecule has 21 heavy (non-hydrogen) atoms. The van der Waals surface area contributed by atoms with Crippen molar-refractivity contribution in [2.75, 3.05) is 12.3 Å². The van der Waals surface area contributed by atoms with Gasteiger partial charge in [0.15, 0.2) is 5.13 Å². The molecule has 1 aliphatic rings. The SMILES string of the molecule is Nc1nc2ccc(C(=O)NCC3CCC(O)CC3)cc2s1. The summed E-state index contributed by atoms with van der Waals surface area (Å²) in [6.07, 6.45) is 3.48. The van der Waals surface area contributed by atoms with Crippen molar-refractivity contribution in [1.29, 1.82) is 0 Å². The summed E-state index contributed by atoms with van der Waals surface area (Å²) in [5.74, 6) is 0.412. The first kappa shape index (κ1) is 14.3.